The number of pyridine rings is 1. The van der Waals surface area contributed by atoms with Crippen molar-refractivity contribution in [1.82, 2.24) is 15.2 Å². The first-order valence-electron chi connectivity index (χ1n) is 10.7. The minimum Gasteiger partial charge on any atom is -0.369 e. The molecule has 0 aliphatic carbocycles. The molecule has 0 atom stereocenters. The molecule has 0 spiro atoms. The number of primary amides is 1. The Balaban J connectivity index is 1.71. The largest absolute Gasteiger partial charge is 0.369 e. The monoisotopic (exact) mass is 426 g/mol. The van der Waals surface area contributed by atoms with E-state index in [4.69, 9.17) is 10.7 Å². The smallest absolute Gasteiger partial charge is 0.220 e. The van der Waals surface area contributed by atoms with Crippen LogP contribution in [0.2, 0.25) is 0 Å². The molecule has 7 nitrogen and oxygen atoms in total. The third kappa shape index (κ3) is 6.16. The quantitative estimate of drug-likeness (QED) is 0.525. The Hall–Kier alpha value is -3.16. The van der Waals surface area contributed by atoms with E-state index >= 15 is 0 Å². The molecule has 0 bridgehead atoms. The predicted octanol–water partition coefficient (Wildman–Crippen LogP) is 2.52. The summed E-state index contributed by atoms with van der Waals surface area (Å²) < 4.78 is 13.2. The summed E-state index contributed by atoms with van der Waals surface area (Å²) in [5, 5.41) is 3.32. The summed E-state index contributed by atoms with van der Waals surface area (Å²) in [5.41, 5.74) is 7.50. The number of nitrogens with two attached hydrogens (primary N) is 1. The standard InChI is InChI=1S/C23H31FN6O/c1-3-26-23(29(2)16-17-6-8-20(24)9-7-17)28-15-19-5-4-12-27-22(19)30-13-10-18(11-14-30)21(25)31/h4-9,12,18H,3,10-11,13-16H2,1-2H3,(H2,25,31)(H,26,28). The number of halogens is 1. The van der Waals surface area contributed by atoms with Crippen LogP contribution >= 0.6 is 0 Å². The third-order valence-corrected chi connectivity index (χ3v) is 5.49. The Morgan fingerprint density at radius 1 is 1.29 bits per heavy atom. The highest BCUT2D eigenvalue weighted by Crippen LogP contribution is 2.25. The summed E-state index contributed by atoms with van der Waals surface area (Å²) in [5.74, 6) is 1.17. The van der Waals surface area contributed by atoms with E-state index in [1.54, 1.807) is 18.3 Å². The van der Waals surface area contributed by atoms with Crippen molar-refractivity contribution in [1.29, 1.82) is 0 Å². The first-order chi connectivity index (χ1) is 15.0. The summed E-state index contributed by atoms with van der Waals surface area (Å²) in [6, 6.07) is 10.5. The van der Waals surface area contributed by atoms with E-state index in [-0.39, 0.29) is 17.6 Å². The molecule has 31 heavy (non-hydrogen) atoms. The number of aromatic nitrogens is 1. The molecule has 1 aromatic carbocycles. The van der Waals surface area contributed by atoms with Crippen LogP contribution < -0.4 is 16.0 Å². The van der Waals surface area contributed by atoms with Gasteiger partial charge in [-0.15, -0.1) is 0 Å². The number of guanidine groups is 1. The molecule has 1 saturated heterocycles. The Morgan fingerprint density at radius 3 is 2.65 bits per heavy atom. The third-order valence-electron chi connectivity index (χ3n) is 5.49. The van der Waals surface area contributed by atoms with Crippen molar-refractivity contribution in [3.05, 3.63) is 59.5 Å². The number of nitrogens with one attached hydrogen (secondary N) is 1. The van der Waals surface area contributed by atoms with E-state index in [2.05, 4.69) is 15.2 Å². The van der Waals surface area contributed by atoms with Gasteiger partial charge in [-0.3, -0.25) is 4.79 Å². The number of rotatable bonds is 7. The molecule has 3 rings (SSSR count). The fourth-order valence-electron chi connectivity index (χ4n) is 3.78. The van der Waals surface area contributed by atoms with Crippen molar-refractivity contribution >= 4 is 17.7 Å². The number of carbonyl (C=O) groups is 1. The second-order valence-electron chi connectivity index (χ2n) is 7.80. The van der Waals surface area contributed by atoms with Gasteiger partial charge < -0.3 is 20.9 Å². The van der Waals surface area contributed by atoms with Gasteiger partial charge in [0, 0.05) is 50.9 Å². The van der Waals surface area contributed by atoms with Gasteiger partial charge in [0.1, 0.15) is 11.6 Å². The molecule has 0 radical (unpaired) electrons. The van der Waals surface area contributed by atoms with Crippen molar-refractivity contribution in [3.8, 4) is 0 Å². The summed E-state index contributed by atoms with van der Waals surface area (Å²) in [7, 11) is 1.96. The highest BCUT2D eigenvalue weighted by atomic mass is 19.1. The predicted molar refractivity (Wildman–Crippen MR) is 121 cm³/mol. The van der Waals surface area contributed by atoms with Crippen LogP contribution in [-0.4, -0.2) is 48.4 Å². The number of nitrogens with zero attached hydrogens (tertiary/aromatic N) is 4. The second-order valence-corrected chi connectivity index (χ2v) is 7.80. The Labute approximate surface area is 183 Å². The number of aliphatic imine (C=N–C) groups is 1. The van der Waals surface area contributed by atoms with Crippen LogP contribution in [0.3, 0.4) is 0 Å². The molecule has 8 heteroatoms. The number of hydrogen-bond donors (Lipinski definition) is 2. The first-order valence-corrected chi connectivity index (χ1v) is 10.7. The molecule has 1 fully saturated rings. The van der Waals surface area contributed by atoms with E-state index in [1.807, 2.05) is 31.0 Å². The average molecular weight is 427 g/mol. The van der Waals surface area contributed by atoms with Crippen LogP contribution in [-0.2, 0) is 17.9 Å². The van der Waals surface area contributed by atoms with Crippen LogP contribution in [0.5, 0.6) is 0 Å². The summed E-state index contributed by atoms with van der Waals surface area (Å²) in [4.78, 5) is 25.1. The molecule has 2 heterocycles. The molecule has 3 N–H and O–H groups in total. The highest BCUT2D eigenvalue weighted by Gasteiger charge is 2.25. The maximum absolute atomic E-state index is 13.2. The number of anilines is 1. The van der Waals surface area contributed by atoms with Crippen LogP contribution in [0.1, 0.15) is 30.9 Å². The molecule has 0 unspecified atom stereocenters. The fourth-order valence-corrected chi connectivity index (χ4v) is 3.78. The molecule has 1 aliphatic rings. The average Bonchev–Trinajstić information content (AvgIpc) is 2.78. The zero-order chi connectivity index (χ0) is 22.2. The maximum Gasteiger partial charge on any atom is 0.220 e. The van der Waals surface area contributed by atoms with Crippen LogP contribution in [0, 0.1) is 11.7 Å². The molecular formula is C23H31FN6O. The van der Waals surface area contributed by atoms with Crippen molar-refractivity contribution < 1.29 is 9.18 Å². The fraction of sp³-hybridized carbons (Fsp3) is 0.435. The number of amides is 1. The highest BCUT2D eigenvalue weighted by molar-refractivity contribution is 5.80. The zero-order valence-corrected chi connectivity index (χ0v) is 18.2. The molecule has 166 valence electrons. The number of hydrogen-bond acceptors (Lipinski definition) is 4. The van der Waals surface area contributed by atoms with E-state index in [9.17, 15) is 9.18 Å². The maximum atomic E-state index is 13.2. The van der Waals surface area contributed by atoms with Gasteiger partial charge >= 0.3 is 0 Å². The Kier molecular flexibility index (Phi) is 7.81. The molecule has 1 aromatic heterocycles. The summed E-state index contributed by atoms with van der Waals surface area (Å²) in [6.07, 6.45) is 3.28. The van der Waals surface area contributed by atoms with E-state index in [1.165, 1.54) is 12.1 Å². The van der Waals surface area contributed by atoms with Crippen LogP contribution in [0.15, 0.2) is 47.6 Å². The summed E-state index contributed by atoms with van der Waals surface area (Å²) in [6.45, 7) is 5.38. The van der Waals surface area contributed by atoms with Crippen molar-refractivity contribution in [2.24, 2.45) is 16.6 Å². The van der Waals surface area contributed by atoms with Gasteiger partial charge in [-0.05, 0) is 43.5 Å². The molecular weight excluding hydrogens is 395 g/mol. The van der Waals surface area contributed by atoms with Crippen molar-refractivity contribution in [2.45, 2.75) is 32.9 Å². The van der Waals surface area contributed by atoms with Crippen molar-refractivity contribution in [3.63, 3.8) is 0 Å². The van der Waals surface area contributed by atoms with Gasteiger partial charge in [0.2, 0.25) is 5.91 Å². The number of piperidine rings is 1. The first kappa shape index (κ1) is 22.5. The lowest BCUT2D eigenvalue weighted by molar-refractivity contribution is -0.122. The van der Waals surface area contributed by atoms with E-state index in [0.29, 0.717) is 13.1 Å². The van der Waals surface area contributed by atoms with Crippen molar-refractivity contribution in [2.75, 3.05) is 31.6 Å². The van der Waals surface area contributed by atoms with Gasteiger partial charge in [-0.1, -0.05) is 18.2 Å². The normalized spacial score (nSPS) is 15.1. The zero-order valence-electron chi connectivity index (χ0n) is 18.2. The van der Waals surface area contributed by atoms with Crippen LogP contribution in [0.4, 0.5) is 10.2 Å². The van der Waals surface area contributed by atoms with E-state index < -0.39 is 0 Å². The minimum atomic E-state index is -0.240. The Bertz CT molecular complexity index is 893. The molecule has 2 aromatic rings. The van der Waals surface area contributed by atoms with Gasteiger partial charge in [-0.25, -0.2) is 14.4 Å². The topological polar surface area (TPSA) is 86.9 Å². The lowest BCUT2D eigenvalue weighted by Crippen LogP contribution is -2.39. The van der Waals surface area contributed by atoms with Gasteiger partial charge in [0.05, 0.1) is 6.54 Å². The molecule has 0 saturated carbocycles. The van der Waals surface area contributed by atoms with E-state index in [0.717, 1.165) is 55.4 Å². The van der Waals surface area contributed by atoms with Gasteiger partial charge in [0.15, 0.2) is 5.96 Å². The minimum absolute atomic E-state index is 0.0538. The molecule has 1 aliphatic heterocycles. The second kappa shape index (κ2) is 10.7. The Morgan fingerprint density at radius 2 is 2.00 bits per heavy atom. The van der Waals surface area contributed by atoms with Gasteiger partial charge in [-0.2, -0.15) is 0 Å². The van der Waals surface area contributed by atoms with Gasteiger partial charge in [0.25, 0.3) is 0 Å². The lowest BCUT2D eigenvalue weighted by Gasteiger charge is -2.32. The van der Waals surface area contributed by atoms with Crippen LogP contribution in [0.25, 0.3) is 0 Å². The number of carbonyl (C=O) groups excluding carboxylic acids is 1. The SMILES string of the molecule is CCNC(=NCc1cccnc1N1CCC(C(N)=O)CC1)N(C)Cc1ccc(F)cc1. The lowest BCUT2D eigenvalue weighted by atomic mass is 9.96. The molecule has 1 amide bonds. The summed E-state index contributed by atoms with van der Waals surface area (Å²) >= 11 is 0. The number of benzene rings is 1.